The number of amides is 2. The summed E-state index contributed by atoms with van der Waals surface area (Å²) in [5.74, 6) is -0.856. The molecule has 104 valence electrons. The molecule has 0 spiro atoms. The Morgan fingerprint density at radius 3 is 2.37 bits per heavy atom. The summed E-state index contributed by atoms with van der Waals surface area (Å²) in [6.07, 6.45) is 0. The second kappa shape index (κ2) is 7.53. The average molecular weight is 263 g/mol. The molecule has 0 bridgehead atoms. The maximum Gasteiger partial charge on any atom is 0.242 e. The first-order valence-corrected chi connectivity index (χ1v) is 6.43. The Kier molecular flexibility index (Phi) is 6.02. The minimum Gasteiger partial charge on any atom is -0.355 e. The number of carbonyl (C=O) groups excluding carboxylic acids is 2. The van der Waals surface area contributed by atoms with Crippen LogP contribution < -0.4 is 16.4 Å². The van der Waals surface area contributed by atoms with Crippen LogP contribution in [-0.4, -0.2) is 30.9 Å². The van der Waals surface area contributed by atoms with Crippen LogP contribution in [-0.2, 0) is 9.59 Å². The molecule has 0 aliphatic rings. The Balaban J connectivity index is 2.68. The number of carbonyl (C=O) groups is 2. The maximum absolute atomic E-state index is 12.1. The third kappa shape index (κ3) is 4.37. The zero-order valence-electron chi connectivity index (χ0n) is 11.3. The summed E-state index contributed by atoms with van der Waals surface area (Å²) in [5, 5.41) is 5.35. The highest BCUT2D eigenvalue weighted by Gasteiger charge is 2.22. The molecule has 1 rings (SSSR count). The van der Waals surface area contributed by atoms with Crippen LogP contribution in [0.15, 0.2) is 30.3 Å². The van der Waals surface area contributed by atoms with Gasteiger partial charge in [0.05, 0.1) is 5.92 Å². The fourth-order valence-corrected chi connectivity index (χ4v) is 1.79. The van der Waals surface area contributed by atoms with Crippen molar-refractivity contribution in [2.45, 2.75) is 25.8 Å². The lowest BCUT2D eigenvalue weighted by molar-refractivity contribution is -0.129. The molecule has 0 aliphatic carbocycles. The maximum atomic E-state index is 12.1. The number of hydrogen-bond acceptors (Lipinski definition) is 3. The Bertz CT molecular complexity index is 420. The molecule has 5 heteroatoms. The van der Waals surface area contributed by atoms with Gasteiger partial charge >= 0.3 is 0 Å². The number of rotatable bonds is 6. The molecule has 1 aromatic carbocycles. The van der Waals surface area contributed by atoms with Gasteiger partial charge in [-0.25, -0.2) is 0 Å². The molecule has 4 N–H and O–H groups in total. The lowest BCUT2D eigenvalue weighted by Gasteiger charge is -2.19. The van der Waals surface area contributed by atoms with Crippen LogP contribution in [0, 0.1) is 0 Å². The monoisotopic (exact) mass is 263 g/mol. The minimum absolute atomic E-state index is 0.195. The van der Waals surface area contributed by atoms with E-state index in [0.29, 0.717) is 6.54 Å². The van der Waals surface area contributed by atoms with E-state index in [1.54, 1.807) is 6.92 Å². The van der Waals surface area contributed by atoms with Crippen LogP contribution in [0.5, 0.6) is 0 Å². The second-order valence-electron chi connectivity index (χ2n) is 4.32. The van der Waals surface area contributed by atoms with Gasteiger partial charge in [0.15, 0.2) is 0 Å². The number of nitrogens with one attached hydrogen (secondary N) is 2. The lowest BCUT2D eigenvalue weighted by atomic mass is 9.98. The Morgan fingerprint density at radius 2 is 1.84 bits per heavy atom. The van der Waals surface area contributed by atoms with E-state index in [0.717, 1.165) is 5.56 Å². The van der Waals surface area contributed by atoms with Crippen molar-refractivity contribution in [3.05, 3.63) is 35.9 Å². The third-order valence-electron chi connectivity index (χ3n) is 2.86. The SMILES string of the molecule is CCNC(=O)C(C)NC(=O)C(CN)c1ccccc1. The molecule has 1 aromatic rings. The highest BCUT2D eigenvalue weighted by atomic mass is 16.2. The van der Waals surface area contributed by atoms with Gasteiger partial charge in [-0.15, -0.1) is 0 Å². The summed E-state index contributed by atoms with van der Waals surface area (Å²) in [5.41, 5.74) is 6.51. The molecule has 2 amide bonds. The predicted octanol–water partition coefficient (Wildman–Crippen LogP) is 0.370. The summed E-state index contributed by atoms with van der Waals surface area (Å²) in [6.45, 7) is 4.23. The summed E-state index contributed by atoms with van der Waals surface area (Å²) in [7, 11) is 0. The van der Waals surface area contributed by atoms with E-state index in [9.17, 15) is 9.59 Å². The van der Waals surface area contributed by atoms with Crippen LogP contribution in [0.4, 0.5) is 0 Å². The molecule has 2 unspecified atom stereocenters. The molecule has 2 atom stereocenters. The van der Waals surface area contributed by atoms with Crippen molar-refractivity contribution in [3.8, 4) is 0 Å². The van der Waals surface area contributed by atoms with Crippen molar-refractivity contribution in [1.82, 2.24) is 10.6 Å². The largest absolute Gasteiger partial charge is 0.355 e. The Labute approximate surface area is 113 Å². The number of likely N-dealkylation sites (N-methyl/N-ethyl adjacent to an activating group) is 1. The standard InChI is InChI=1S/C14H21N3O2/c1-3-16-13(18)10(2)17-14(19)12(9-15)11-7-5-4-6-8-11/h4-8,10,12H,3,9,15H2,1-2H3,(H,16,18)(H,17,19). The zero-order chi connectivity index (χ0) is 14.3. The first-order chi connectivity index (χ1) is 9.10. The van der Waals surface area contributed by atoms with Crippen LogP contribution >= 0.6 is 0 Å². The number of benzene rings is 1. The van der Waals surface area contributed by atoms with Crippen molar-refractivity contribution >= 4 is 11.8 Å². The van der Waals surface area contributed by atoms with E-state index in [1.165, 1.54) is 0 Å². The number of nitrogens with two attached hydrogens (primary N) is 1. The van der Waals surface area contributed by atoms with Crippen molar-refractivity contribution in [3.63, 3.8) is 0 Å². The van der Waals surface area contributed by atoms with Crippen molar-refractivity contribution in [2.75, 3.05) is 13.1 Å². The second-order valence-corrected chi connectivity index (χ2v) is 4.32. The van der Waals surface area contributed by atoms with Gasteiger partial charge in [0.25, 0.3) is 0 Å². The normalized spacial score (nSPS) is 13.4. The van der Waals surface area contributed by atoms with Crippen molar-refractivity contribution in [2.24, 2.45) is 5.73 Å². The molecular weight excluding hydrogens is 242 g/mol. The fourth-order valence-electron chi connectivity index (χ4n) is 1.79. The third-order valence-corrected chi connectivity index (χ3v) is 2.86. The predicted molar refractivity (Wildman–Crippen MR) is 74.5 cm³/mol. The highest BCUT2D eigenvalue weighted by Crippen LogP contribution is 2.14. The molecular formula is C14H21N3O2. The minimum atomic E-state index is -0.565. The van der Waals surface area contributed by atoms with Crippen LogP contribution in [0.1, 0.15) is 25.3 Å². The van der Waals surface area contributed by atoms with E-state index < -0.39 is 12.0 Å². The van der Waals surface area contributed by atoms with E-state index in [-0.39, 0.29) is 18.4 Å². The van der Waals surface area contributed by atoms with Gasteiger partial charge in [-0.2, -0.15) is 0 Å². The van der Waals surface area contributed by atoms with Gasteiger partial charge in [0.2, 0.25) is 11.8 Å². The van der Waals surface area contributed by atoms with E-state index in [2.05, 4.69) is 10.6 Å². The molecule has 0 aliphatic heterocycles. The van der Waals surface area contributed by atoms with Gasteiger partial charge in [-0.1, -0.05) is 30.3 Å². The molecule has 0 heterocycles. The first kappa shape index (κ1) is 15.2. The Morgan fingerprint density at radius 1 is 1.21 bits per heavy atom. The molecule has 5 nitrogen and oxygen atoms in total. The summed E-state index contributed by atoms with van der Waals surface area (Å²) in [6, 6.07) is 8.75. The molecule has 0 saturated carbocycles. The van der Waals surface area contributed by atoms with Gasteiger partial charge in [-0.3, -0.25) is 9.59 Å². The van der Waals surface area contributed by atoms with Gasteiger partial charge in [0.1, 0.15) is 6.04 Å². The molecule has 0 aromatic heterocycles. The quantitative estimate of drug-likeness (QED) is 0.693. The molecule has 0 fully saturated rings. The van der Waals surface area contributed by atoms with Crippen molar-refractivity contribution in [1.29, 1.82) is 0 Å². The lowest BCUT2D eigenvalue weighted by Crippen LogP contribution is -2.47. The molecule has 0 saturated heterocycles. The van der Waals surface area contributed by atoms with Crippen LogP contribution in [0.25, 0.3) is 0 Å². The highest BCUT2D eigenvalue weighted by molar-refractivity contribution is 5.90. The van der Waals surface area contributed by atoms with E-state index in [4.69, 9.17) is 5.73 Å². The summed E-state index contributed by atoms with van der Waals surface area (Å²) in [4.78, 5) is 23.7. The average Bonchev–Trinajstić information content (AvgIpc) is 2.41. The summed E-state index contributed by atoms with van der Waals surface area (Å²) < 4.78 is 0. The molecule has 0 radical (unpaired) electrons. The van der Waals surface area contributed by atoms with Crippen LogP contribution in [0.3, 0.4) is 0 Å². The van der Waals surface area contributed by atoms with Gasteiger partial charge in [0, 0.05) is 13.1 Å². The fraction of sp³-hybridized carbons (Fsp3) is 0.429. The van der Waals surface area contributed by atoms with Gasteiger partial charge < -0.3 is 16.4 Å². The Hall–Kier alpha value is -1.88. The molecule has 19 heavy (non-hydrogen) atoms. The van der Waals surface area contributed by atoms with E-state index in [1.807, 2.05) is 37.3 Å². The topological polar surface area (TPSA) is 84.2 Å². The smallest absolute Gasteiger partial charge is 0.242 e. The van der Waals surface area contributed by atoms with Crippen molar-refractivity contribution < 1.29 is 9.59 Å². The van der Waals surface area contributed by atoms with E-state index >= 15 is 0 Å². The zero-order valence-corrected chi connectivity index (χ0v) is 11.3. The number of hydrogen-bond donors (Lipinski definition) is 3. The first-order valence-electron chi connectivity index (χ1n) is 6.43. The summed E-state index contributed by atoms with van der Waals surface area (Å²) >= 11 is 0. The van der Waals surface area contributed by atoms with Crippen LogP contribution in [0.2, 0.25) is 0 Å². The van der Waals surface area contributed by atoms with Gasteiger partial charge in [-0.05, 0) is 19.4 Å².